The van der Waals surface area contributed by atoms with Crippen LogP contribution in [0.25, 0.3) is 0 Å². The summed E-state index contributed by atoms with van der Waals surface area (Å²) in [6.07, 6.45) is 1.27. The van der Waals surface area contributed by atoms with Gasteiger partial charge in [0.2, 0.25) is 5.91 Å². The van der Waals surface area contributed by atoms with Gasteiger partial charge in [0.25, 0.3) is 0 Å². The number of ether oxygens (including phenoxy) is 1. The van der Waals surface area contributed by atoms with E-state index in [0.717, 1.165) is 16.9 Å². The van der Waals surface area contributed by atoms with Crippen LogP contribution in [0.3, 0.4) is 0 Å². The zero-order valence-electron chi connectivity index (χ0n) is 12.1. The van der Waals surface area contributed by atoms with Crippen molar-refractivity contribution in [1.82, 2.24) is 5.32 Å². The van der Waals surface area contributed by atoms with Gasteiger partial charge in [-0.05, 0) is 24.6 Å². The molecule has 1 N–H and O–H groups in total. The fourth-order valence-corrected chi connectivity index (χ4v) is 2.06. The second-order valence-corrected chi connectivity index (χ2v) is 4.75. The number of benzene rings is 2. The summed E-state index contributed by atoms with van der Waals surface area (Å²) in [5.74, 6) is 0.582. The number of carbonyl (C=O) groups is 1. The third-order valence-electron chi connectivity index (χ3n) is 3.17. The molecule has 108 valence electrons. The van der Waals surface area contributed by atoms with Crippen molar-refractivity contribution < 1.29 is 9.53 Å². The molecule has 0 aliphatic rings. The van der Waals surface area contributed by atoms with Crippen LogP contribution in [0.5, 0.6) is 5.75 Å². The zero-order valence-corrected chi connectivity index (χ0v) is 12.1. The molecular formula is C18H19NO2. The van der Waals surface area contributed by atoms with E-state index in [-0.39, 0.29) is 11.9 Å². The maximum absolute atomic E-state index is 11.4. The van der Waals surface area contributed by atoms with Crippen LogP contribution in [0, 0.1) is 0 Å². The van der Waals surface area contributed by atoms with Crippen molar-refractivity contribution in [3.05, 3.63) is 78.4 Å². The van der Waals surface area contributed by atoms with Gasteiger partial charge in [-0.15, -0.1) is 0 Å². The van der Waals surface area contributed by atoms with Crippen LogP contribution in [0.4, 0.5) is 0 Å². The SMILES string of the molecule is C=CC(=O)N[C@@H](C)c1ccccc1OCc1ccccc1. The second-order valence-electron chi connectivity index (χ2n) is 4.75. The maximum Gasteiger partial charge on any atom is 0.243 e. The molecule has 0 saturated carbocycles. The van der Waals surface area contributed by atoms with Crippen LogP contribution in [-0.2, 0) is 11.4 Å². The molecule has 0 radical (unpaired) electrons. The van der Waals surface area contributed by atoms with Crippen molar-refractivity contribution >= 4 is 5.91 Å². The molecule has 0 aliphatic carbocycles. The van der Waals surface area contributed by atoms with Gasteiger partial charge >= 0.3 is 0 Å². The van der Waals surface area contributed by atoms with Gasteiger partial charge in [-0.2, -0.15) is 0 Å². The van der Waals surface area contributed by atoms with E-state index in [2.05, 4.69) is 11.9 Å². The highest BCUT2D eigenvalue weighted by Crippen LogP contribution is 2.25. The zero-order chi connectivity index (χ0) is 15.1. The Bertz CT molecular complexity index is 608. The fraction of sp³-hybridized carbons (Fsp3) is 0.167. The van der Waals surface area contributed by atoms with Gasteiger partial charge < -0.3 is 10.1 Å². The molecule has 0 saturated heterocycles. The summed E-state index contributed by atoms with van der Waals surface area (Å²) in [4.78, 5) is 11.4. The van der Waals surface area contributed by atoms with Gasteiger partial charge in [-0.1, -0.05) is 55.1 Å². The Labute approximate surface area is 125 Å². The first kappa shape index (κ1) is 14.9. The second kappa shape index (κ2) is 7.29. The van der Waals surface area contributed by atoms with E-state index >= 15 is 0 Å². The molecule has 2 aromatic carbocycles. The van der Waals surface area contributed by atoms with Crippen molar-refractivity contribution in [1.29, 1.82) is 0 Å². The number of rotatable bonds is 6. The summed E-state index contributed by atoms with van der Waals surface area (Å²) < 4.78 is 5.88. The van der Waals surface area contributed by atoms with Crippen molar-refractivity contribution in [3.63, 3.8) is 0 Å². The lowest BCUT2D eigenvalue weighted by Gasteiger charge is -2.17. The maximum atomic E-state index is 11.4. The highest BCUT2D eigenvalue weighted by atomic mass is 16.5. The fourth-order valence-electron chi connectivity index (χ4n) is 2.06. The summed E-state index contributed by atoms with van der Waals surface area (Å²) in [6, 6.07) is 17.6. The molecule has 0 spiro atoms. The Kier molecular flexibility index (Phi) is 5.16. The molecule has 0 unspecified atom stereocenters. The standard InChI is InChI=1S/C18H19NO2/c1-3-18(20)19-14(2)16-11-7-8-12-17(16)21-13-15-9-5-4-6-10-15/h3-12,14H,1,13H2,2H3,(H,19,20)/t14-/m0/s1. The molecule has 0 bridgehead atoms. The normalized spacial score (nSPS) is 11.5. The first-order valence-electron chi connectivity index (χ1n) is 6.89. The highest BCUT2D eigenvalue weighted by Gasteiger charge is 2.12. The first-order valence-corrected chi connectivity index (χ1v) is 6.89. The van der Waals surface area contributed by atoms with E-state index in [0.29, 0.717) is 6.61 Å². The molecule has 0 aliphatic heterocycles. The Hall–Kier alpha value is -2.55. The van der Waals surface area contributed by atoms with E-state index in [4.69, 9.17) is 4.74 Å². The van der Waals surface area contributed by atoms with Gasteiger partial charge in [-0.25, -0.2) is 0 Å². The monoisotopic (exact) mass is 281 g/mol. The first-order chi connectivity index (χ1) is 10.2. The highest BCUT2D eigenvalue weighted by molar-refractivity contribution is 5.87. The van der Waals surface area contributed by atoms with Gasteiger partial charge in [0, 0.05) is 5.56 Å². The number of nitrogens with one attached hydrogen (secondary N) is 1. The summed E-state index contributed by atoms with van der Waals surface area (Å²) >= 11 is 0. The van der Waals surface area contributed by atoms with Gasteiger partial charge in [0.1, 0.15) is 12.4 Å². The molecule has 0 fully saturated rings. The molecule has 0 aromatic heterocycles. The minimum absolute atomic E-state index is 0.137. The predicted molar refractivity (Wildman–Crippen MR) is 84.0 cm³/mol. The molecule has 21 heavy (non-hydrogen) atoms. The average Bonchev–Trinajstić information content (AvgIpc) is 2.54. The van der Waals surface area contributed by atoms with Crippen molar-refractivity contribution in [2.45, 2.75) is 19.6 Å². The summed E-state index contributed by atoms with van der Waals surface area (Å²) in [7, 11) is 0. The quantitative estimate of drug-likeness (QED) is 0.821. The summed E-state index contributed by atoms with van der Waals surface area (Å²) in [5, 5.41) is 2.85. The van der Waals surface area contributed by atoms with Crippen LogP contribution in [0.2, 0.25) is 0 Å². The lowest BCUT2D eigenvalue weighted by molar-refractivity contribution is -0.117. The molecule has 3 nitrogen and oxygen atoms in total. The Morgan fingerprint density at radius 2 is 1.86 bits per heavy atom. The number of para-hydroxylation sites is 1. The number of hydrogen-bond donors (Lipinski definition) is 1. The van der Waals surface area contributed by atoms with Crippen LogP contribution in [-0.4, -0.2) is 5.91 Å². The average molecular weight is 281 g/mol. The van der Waals surface area contributed by atoms with E-state index < -0.39 is 0 Å². The lowest BCUT2D eigenvalue weighted by atomic mass is 10.1. The Morgan fingerprint density at radius 3 is 2.57 bits per heavy atom. The van der Waals surface area contributed by atoms with E-state index in [1.807, 2.05) is 61.5 Å². The number of hydrogen-bond acceptors (Lipinski definition) is 2. The Morgan fingerprint density at radius 1 is 1.19 bits per heavy atom. The number of amides is 1. The van der Waals surface area contributed by atoms with Gasteiger partial charge in [-0.3, -0.25) is 4.79 Å². The predicted octanol–water partition coefficient (Wildman–Crippen LogP) is 3.63. The molecule has 3 heteroatoms. The van der Waals surface area contributed by atoms with Crippen molar-refractivity contribution in [3.8, 4) is 5.75 Å². The van der Waals surface area contributed by atoms with Crippen LogP contribution < -0.4 is 10.1 Å². The molecule has 0 heterocycles. The third-order valence-corrected chi connectivity index (χ3v) is 3.17. The van der Waals surface area contributed by atoms with Gasteiger partial charge in [0.15, 0.2) is 0 Å². The summed E-state index contributed by atoms with van der Waals surface area (Å²) in [6.45, 7) is 5.89. The minimum Gasteiger partial charge on any atom is -0.489 e. The molecule has 1 amide bonds. The molecule has 2 aromatic rings. The summed E-state index contributed by atoms with van der Waals surface area (Å²) in [5.41, 5.74) is 2.05. The van der Waals surface area contributed by atoms with Crippen LogP contribution >= 0.6 is 0 Å². The van der Waals surface area contributed by atoms with E-state index in [9.17, 15) is 4.79 Å². The largest absolute Gasteiger partial charge is 0.489 e. The Balaban J connectivity index is 2.09. The van der Waals surface area contributed by atoms with Crippen LogP contribution in [0.15, 0.2) is 67.3 Å². The molecule has 2 rings (SSSR count). The van der Waals surface area contributed by atoms with Crippen molar-refractivity contribution in [2.75, 3.05) is 0 Å². The van der Waals surface area contributed by atoms with E-state index in [1.54, 1.807) is 0 Å². The topological polar surface area (TPSA) is 38.3 Å². The van der Waals surface area contributed by atoms with Gasteiger partial charge in [0.05, 0.1) is 6.04 Å². The smallest absolute Gasteiger partial charge is 0.243 e. The van der Waals surface area contributed by atoms with Crippen molar-refractivity contribution in [2.24, 2.45) is 0 Å². The van der Waals surface area contributed by atoms with E-state index in [1.165, 1.54) is 6.08 Å². The lowest BCUT2D eigenvalue weighted by Crippen LogP contribution is -2.24. The third kappa shape index (κ3) is 4.21. The van der Waals surface area contributed by atoms with Crippen LogP contribution in [0.1, 0.15) is 24.1 Å². The number of carbonyl (C=O) groups excluding carboxylic acids is 1. The molecular weight excluding hydrogens is 262 g/mol. The minimum atomic E-state index is -0.194. The molecule has 1 atom stereocenters.